The number of amides is 1. The Hall–Kier alpha value is -3.13. The smallest absolute Gasteiger partial charge is 0.220 e. The molecule has 3 aromatic carbocycles. The minimum absolute atomic E-state index is 0.0576. The lowest BCUT2D eigenvalue weighted by molar-refractivity contribution is -0.121. The number of likely N-dealkylation sites (tertiary alicyclic amines) is 1. The first-order valence-electron chi connectivity index (χ1n) is 14.6. The Kier molecular flexibility index (Phi) is 10.1. The molecular formula is C33H40ClFN4O2. The van der Waals surface area contributed by atoms with Crippen LogP contribution in [0.5, 0.6) is 5.75 Å². The van der Waals surface area contributed by atoms with E-state index in [0.717, 1.165) is 80.6 Å². The summed E-state index contributed by atoms with van der Waals surface area (Å²) < 4.78 is 19.8. The van der Waals surface area contributed by atoms with Gasteiger partial charge in [-0.1, -0.05) is 60.1 Å². The Morgan fingerprint density at radius 1 is 0.951 bits per heavy atom. The third-order valence-electron chi connectivity index (χ3n) is 8.52. The van der Waals surface area contributed by atoms with E-state index in [1.807, 2.05) is 54.6 Å². The maximum atomic E-state index is 14.4. The van der Waals surface area contributed by atoms with Crippen molar-refractivity contribution in [3.05, 3.63) is 94.8 Å². The number of anilines is 1. The van der Waals surface area contributed by atoms with E-state index in [1.54, 1.807) is 13.2 Å². The van der Waals surface area contributed by atoms with Gasteiger partial charge in [-0.25, -0.2) is 4.39 Å². The van der Waals surface area contributed by atoms with Crippen LogP contribution in [0.2, 0.25) is 5.02 Å². The number of hydrogen-bond acceptors (Lipinski definition) is 5. The van der Waals surface area contributed by atoms with E-state index in [0.29, 0.717) is 30.6 Å². The summed E-state index contributed by atoms with van der Waals surface area (Å²) in [5.41, 5.74) is 2.79. The van der Waals surface area contributed by atoms with E-state index in [2.05, 4.69) is 26.1 Å². The summed E-state index contributed by atoms with van der Waals surface area (Å²) in [6.07, 6.45) is 2.33. The molecule has 0 aromatic heterocycles. The lowest BCUT2D eigenvalue weighted by Gasteiger charge is -2.47. The van der Waals surface area contributed by atoms with Gasteiger partial charge in [0.05, 0.1) is 12.8 Å². The summed E-state index contributed by atoms with van der Waals surface area (Å²) in [5, 5.41) is 3.89. The van der Waals surface area contributed by atoms with Crippen molar-refractivity contribution in [2.75, 3.05) is 51.3 Å². The molecule has 8 heteroatoms. The minimum Gasteiger partial charge on any atom is -0.496 e. The summed E-state index contributed by atoms with van der Waals surface area (Å²) in [6.45, 7) is 6.54. The zero-order chi connectivity index (χ0) is 28.6. The van der Waals surface area contributed by atoms with Gasteiger partial charge in [-0.3, -0.25) is 14.6 Å². The second-order valence-corrected chi connectivity index (χ2v) is 11.5. The molecule has 0 spiro atoms. The molecule has 0 unspecified atom stereocenters. The number of ether oxygens (including phenoxy) is 1. The van der Waals surface area contributed by atoms with Crippen molar-refractivity contribution in [1.29, 1.82) is 0 Å². The van der Waals surface area contributed by atoms with Gasteiger partial charge < -0.3 is 15.0 Å². The highest BCUT2D eigenvalue weighted by atomic mass is 35.5. The zero-order valence-corrected chi connectivity index (χ0v) is 24.5. The topological polar surface area (TPSA) is 48.1 Å². The van der Waals surface area contributed by atoms with Crippen molar-refractivity contribution in [3.63, 3.8) is 0 Å². The minimum atomic E-state index is -0.161. The molecule has 2 fully saturated rings. The number of methoxy groups -OCH3 is 1. The summed E-state index contributed by atoms with van der Waals surface area (Å²) in [4.78, 5) is 20.2. The van der Waals surface area contributed by atoms with E-state index < -0.39 is 0 Å². The predicted octanol–water partition coefficient (Wildman–Crippen LogP) is 5.60. The van der Waals surface area contributed by atoms with Crippen molar-refractivity contribution < 1.29 is 13.9 Å². The van der Waals surface area contributed by atoms with Crippen LogP contribution in [0.3, 0.4) is 0 Å². The van der Waals surface area contributed by atoms with Crippen molar-refractivity contribution >= 4 is 23.2 Å². The molecule has 3 aromatic rings. The third-order valence-corrected chi connectivity index (χ3v) is 8.89. The van der Waals surface area contributed by atoms with Crippen molar-refractivity contribution in [3.8, 4) is 5.75 Å². The molecule has 0 aliphatic carbocycles. The molecule has 218 valence electrons. The van der Waals surface area contributed by atoms with Crippen molar-refractivity contribution in [2.24, 2.45) is 5.92 Å². The normalized spacial score (nSPS) is 20.1. The number of piperidine rings is 1. The number of nitrogens with zero attached hydrogens (tertiary/aromatic N) is 3. The maximum Gasteiger partial charge on any atom is 0.220 e. The summed E-state index contributed by atoms with van der Waals surface area (Å²) in [5.74, 6) is 1.03. The monoisotopic (exact) mass is 578 g/mol. The fourth-order valence-electron chi connectivity index (χ4n) is 6.32. The van der Waals surface area contributed by atoms with E-state index >= 15 is 0 Å². The maximum absolute atomic E-state index is 14.4. The van der Waals surface area contributed by atoms with Gasteiger partial charge in [0, 0.05) is 68.9 Å². The number of piperazine rings is 1. The third kappa shape index (κ3) is 7.59. The van der Waals surface area contributed by atoms with E-state index in [-0.39, 0.29) is 11.7 Å². The molecule has 2 aliphatic heterocycles. The van der Waals surface area contributed by atoms with Crippen LogP contribution in [0.4, 0.5) is 10.1 Å². The Morgan fingerprint density at radius 2 is 1.66 bits per heavy atom. The van der Waals surface area contributed by atoms with Gasteiger partial charge in [-0.2, -0.15) is 0 Å². The molecule has 5 rings (SSSR count). The van der Waals surface area contributed by atoms with Crippen LogP contribution in [-0.4, -0.2) is 68.1 Å². The van der Waals surface area contributed by atoms with Gasteiger partial charge in [0.25, 0.3) is 0 Å². The van der Waals surface area contributed by atoms with Gasteiger partial charge in [0.1, 0.15) is 11.6 Å². The standard InChI is InChI=1S/C33H40ClFN4O2/c1-41-32-13-7-3-8-25(32)22-36-33(40)15-14-27-24-37(23-26-9-2-4-10-28(26)34)17-16-30(27)38-18-20-39(21-19-38)31-12-6-5-11-29(31)35/h2-13,27,30H,14-24H2,1H3,(H,36,40)/t27-,30+/m0/s1. The van der Waals surface area contributed by atoms with Crippen LogP contribution in [-0.2, 0) is 17.9 Å². The number of para-hydroxylation sites is 2. The Balaban J connectivity index is 1.21. The average Bonchev–Trinajstić information content (AvgIpc) is 3.01. The predicted molar refractivity (Wildman–Crippen MR) is 163 cm³/mol. The van der Waals surface area contributed by atoms with Crippen molar-refractivity contribution in [1.82, 2.24) is 15.1 Å². The molecular weight excluding hydrogens is 539 g/mol. The van der Waals surface area contributed by atoms with Gasteiger partial charge >= 0.3 is 0 Å². The quantitative estimate of drug-likeness (QED) is 0.339. The molecule has 2 atom stereocenters. The highest BCUT2D eigenvalue weighted by molar-refractivity contribution is 6.31. The molecule has 0 radical (unpaired) electrons. The molecule has 1 amide bonds. The molecule has 2 saturated heterocycles. The number of carbonyl (C=O) groups excluding carboxylic acids is 1. The molecule has 2 aliphatic rings. The van der Waals surface area contributed by atoms with Crippen LogP contribution in [0.25, 0.3) is 0 Å². The molecule has 41 heavy (non-hydrogen) atoms. The van der Waals surface area contributed by atoms with Gasteiger partial charge in [0.2, 0.25) is 5.91 Å². The summed E-state index contributed by atoms with van der Waals surface area (Å²) in [7, 11) is 1.65. The number of rotatable bonds is 10. The Bertz CT molecular complexity index is 1300. The van der Waals surface area contributed by atoms with E-state index in [9.17, 15) is 9.18 Å². The van der Waals surface area contributed by atoms with E-state index in [1.165, 1.54) is 6.07 Å². The molecule has 0 saturated carbocycles. The number of benzene rings is 3. The second-order valence-electron chi connectivity index (χ2n) is 11.0. The second kappa shape index (κ2) is 14.2. The first-order chi connectivity index (χ1) is 20.0. The highest BCUT2D eigenvalue weighted by Crippen LogP contribution is 2.30. The molecule has 0 bridgehead atoms. The number of carbonyl (C=O) groups is 1. The Morgan fingerprint density at radius 3 is 2.41 bits per heavy atom. The van der Waals surface area contributed by atoms with Crippen LogP contribution in [0.1, 0.15) is 30.4 Å². The molecule has 1 N–H and O–H groups in total. The average molecular weight is 579 g/mol. The molecule has 6 nitrogen and oxygen atoms in total. The van der Waals surface area contributed by atoms with Crippen LogP contribution in [0, 0.1) is 11.7 Å². The summed E-state index contributed by atoms with van der Waals surface area (Å²) in [6, 6.07) is 23.2. The highest BCUT2D eigenvalue weighted by Gasteiger charge is 2.35. The van der Waals surface area contributed by atoms with Crippen LogP contribution >= 0.6 is 11.6 Å². The summed E-state index contributed by atoms with van der Waals surface area (Å²) >= 11 is 6.49. The Labute approximate surface area is 248 Å². The van der Waals surface area contributed by atoms with Gasteiger partial charge in [-0.05, 0) is 55.1 Å². The van der Waals surface area contributed by atoms with Crippen LogP contribution < -0.4 is 15.0 Å². The van der Waals surface area contributed by atoms with Gasteiger partial charge in [-0.15, -0.1) is 0 Å². The fourth-order valence-corrected chi connectivity index (χ4v) is 6.52. The number of nitrogens with one attached hydrogen (secondary N) is 1. The number of halogens is 2. The van der Waals surface area contributed by atoms with Crippen LogP contribution in [0.15, 0.2) is 72.8 Å². The molecule has 2 heterocycles. The lowest BCUT2D eigenvalue weighted by Crippen LogP contribution is -2.56. The lowest BCUT2D eigenvalue weighted by atomic mass is 9.86. The zero-order valence-electron chi connectivity index (χ0n) is 23.8. The largest absolute Gasteiger partial charge is 0.496 e. The number of hydrogen-bond donors (Lipinski definition) is 1. The first-order valence-corrected chi connectivity index (χ1v) is 15.0. The fraction of sp³-hybridized carbons (Fsp3) is 0.424. The van der Waals surface area contributed by atoms with E-state index in [4.69, 9.17) is 16.3 Å². The SMILES string of the molecule is COc1ccccc1CNC(=O)CC[C@H]1CN(Cc2ccccc2Cl)CC[C@H]1N1CCN(c2ccccc2F)CC1. The van der Waals surface area contributed by atoms with Gasteiger partial charge in [0.15, 0.2) is 0 Å². The first kappa shape index (κ1) is 29.4. The van der Waals surface area contributed by atoms with Crippen molar-refractivity contribution in [2.45, 2.75) is 38.4 Å².